The van der Waals surface area contributed by atoms with Crippen LogP contribution in [-0.4, -0.2) is 52.8 Å². The van der Waals surface area contributed by atoms with E-state index in [1.165, 1.54) is 45.4 Å². The predicted octanol–water partition coefficient (Wildman–Crippen LogP) is 6.18. The number of hydroxylamine groups is 2. The summed E-state index contributed by atoms with van der Waals surface area (Å²) < 4.78 is 12.6. The fourth-order valence-electron chi connectivity index (χ4n) is 8.87. The highest BCUT2D eigenvalue weighted by atomic mass is 16.5. The lowest BCUT2D eigenvalue weighted by molar-refractivity contribution is -0.180. The van der Waals surface area contributed by atoms with Crippen LogP contribution in [0.2, 0.25) is 0 Å². The van der Waals surface area contributed by atoms with Crippen molar-refractivity contribution in [3.8, 4) is 0 Å². The number of methoxy groups -OCH3 is 1. The monoisotopic (exact) mass is 486 g/mol. The summed E-state index contributed by atoms with van der Waals surface area (Å²) >= 11 is 0. The zero-order valence-corrected chi connectivity index (χ0v) is 21.6. The standard InChI is InChI=1S/C31H38N2O3/c1-29-11-9-25-18-24-5-6-26(33(34)15-16-35-2)19-30(24)12-13-31(25,36-30)28(29)8-7-27(29)22-4-3-21-10-14-32-20-23(21)17-22/h3-4,9-10,14,17-18,20,26-28,34H,5-8,11-13,15-16,19H2,1-2H3/t26-,27?,28-,29?,30-,31-/m1/s1. The van der Waals surface area contributed by atoms with Gasteiger partial charge in [0, 0.05) is 37.5 Å². The van der Waals surface area contributed by atoms with Gasteiger partial charge in [-0.3, -0.25) is 4.98 Å². The number of allylic oxidation sites excluding steroid dienone is 1. The number of nitrogens with zero attached hydrogens (tertiary/aromatic N) is 2. The van der Waals surface area contributed by atoms with Gasteiger partial charge in [-0.05, 0) is 103 Å². The molecule has 5 nitrogen and oxygen atoms in total. The van der Waals surface area contributed by atoms with Crippen LogP contribution < -0.4 is 0 Å². The van der Waals surface area contributed by atoms with Crippen molar-refractivity contribution in [1.82, 2.24) is 10.0 Å². The molecule has 36 heavy (non-hydrogen) atoms. The molecule has 1 N–H and O–H groups in total. The maximum absolute atomic E-state index is 10.7. The summed E-state index contributed by atoms with van der Waals surface area (Å²) in [5, 5.41) is 14.8. The number of aromatic nitrogens is 1. The Bertz CT molecular complexity index is 1260. The number of ether oxygens (including phenoxy) is 2. The Balaban J connectivity index is 1.21. The van der Waals surface area contributed by atoms with Gasteiger partial charge in [0.2, 0.25) is 0 Å². The first kappa shape index (κ1) is 23.1. The van der Waals surface area contributed by atoms with E-state index in [0.29, 0.717) is 25.0 Å². The van der Waals surface area contributed by atoms with E-state index in [9.17, 15) is 5.21 Å². The van der Waals surface area contributed by atoms with E-state index in [2.05, 4.69) is 48.3 Å². The lowest BCUT2D eigenvalue weighted by Gasteiger charge is -2.54. The Morgan fingerprint density at radius 2 is 2.08 bits per heavy atom. The molecule has 3 heterocycles. The minimum atomic E-state index is -0.209. The molecule has 5 aliphatic rings. The van der Waals surface area contributed by atoms with Gasteiger partial charge in [0.25, 0.3) is 0 Å². The SMILES string of the molecule is COCCN(O)[C@@H]1CCC2=CC3=CCC4(C)C(c5ccc6ccncc6c5)CC[C@H]4[C@@]34CC[C@]2(C1)O4. The topological polar surface area (TPSA) is 54.8 Å². The zero-order chi connectivity index (χ0) is 24.5. The quantitative estimate of drug-likeness (QED) is 0.511. The Labute approximate surface area is 214 Å². The summed E-state index contributed by atoms with van der Waals surface area (Å²) in [6, 6.07) is 9.25. The van der Waals surface area contributed by atoms with Crippen LogP contribution in [0.3, 0.4) is 0 Å². The van der Waals surface area contributed by atoms with E-state index in [-0.39, 0.29) is 22.7 Å². The molecule has 3 aliphatic carbocycles. The van der Waals surface area contributed by atoms with Crippen molar-refractivity contribution in [2.45, 2.75) is 81.5 Å². The number of fused-ring (bicyclic) bond motifs is 2. The van der Waals surface area contributed by atoms with Gasteiger partial charge >= 0.3 is 0 Å². The van der Waals surface area contributed by atoms with Crippen molar-refractivity contribution >= 4 is 10.8 Å². The highest BCUT2D eigenvalue weighted by molar-refractivity contribution is 5.82. The molecule has 2 aromatic rings. The molecule has 5 heteroatoms. The number of rotatable bonds is 5. The van der Waals surface area contributed by atoms with Crippen LogP contribution in [-0.2, 0) is 9.47 Å². The summed E-state index contributed by atoms with van der Waals surface area (Å²) in [4.78, 5) is 4.37. The van der Waals surface area contributed by atoms with Crippen LogP contribution in [0.5, 0.6) is 0 Å². The number of hydrogen-bond donors (Lipinski definition) is 1. The van der Waals surface area contributed by atoms with Crippen LogP contribution in [0.1, 0.15) is 69.8 Å². The lowest BCUT2D eigenvalue weighted by Crippen LogP contribution is -2.55. The second kappa shape index (κ2) is 8.22. The molecule has 3 fully saturated rings. The molecular formula is C31H38N2O3. The van der Waals surface area contributed by atoms with Crippen LogP contribution in [0, 0.1) is 11.3 Å². The molecule has 190 valence electrons. The van der Waals surface area contributed by atoms with E-state index >= 15 is 0 Å². The molecule has 2 bridgehead atoms. The molecule has 1 aromatic heterocycles. The van der Waals surface area contributed by atoms with E-state index in [0.717, 1.165) is 38.5 Å². The maximum Gasteiger partial charge on any atom is 0.0974 e. The predicted molar refractivity (Wildman–Crippen MR) is 140 cm³/mol. The van der Waals surface area contributed by atoms with Crippen molar-refractivity contribution < 1.29 is 14.7 Å². The highest BCUT2D eigenvalue weighted by Crippen LogP contribution is 2.69. The van der Waals surface area contributed by atoms with Gasteiger partial charge in [-0.15, -0.1) is 0 Å². The number of pyridine rings is 1. The Kier molecular flexibility index (Phi) is 5.28. The van der Waals surface area contributed by atoms with Crippen molar-refractivity contribution in [1.29, 1.82) is 0 Å². The Morgan fingerprint density at radius 3 is 2.97 bits per heavy atom. The normalized spacial score (nSPS) is 38.9. The van der Waals surface area contributed by atoms with Crippen molar-refractivity contribution in [2.75, 3.05) is 20.3 Å². The smallest absolute Gasteiger partial charge is 0.0974 e. The summed E-state index contributed by atoms with van der Waals surface area (Å²) in [5.41, 5.74) is 4.19. The lowest BCUT2D eigenvalue weighted by atomic mass is 9.58. The van der Waals surface area contributed by atoms with Crippen LogP contribution >= 0.6 is 0 Å². The molecule has 6 atom stereocenters. The van der Waals surface area contributed by atoms with Gasteiger partial charge in [-0.2, -0.15) is 5.06 Å². The molecule has 2 saturated carbocycles. The minimum Gasteiger partial charge on any atom is -0.383 e. The summed E-state index contributed by atoms with van der Waals surface area (Å²) in [6.45, 7) is 3.63. The first-order valence-electron chi connectivity index (χ1n) is 13.9. The molecular weight excluding hydrogens is 448 g/mol. The van der Waals surface area contributed by atoms with E-state index in [1.54, 1.807) is 7.11 Å². The van der Waals surface area contributed by atoms with E-state index < -0.39 is 0 Å². The van der Waals surface area contributed by atoms with E-state index in [4.69, 9.17) is 9.47 Å². The summed E-state index contributed by atoms with van der Waals surface area (Å²) in [5.74, 6) is 1.06. The van der Waals surface area contributed by atoms with E-state index in [1.807, 2.05) is 12.4 Å². The van der Waals surface area contributed by atoms with Crippen molar-refractivity contribution in [2.24, 2.45) is 11.3 Å². The average molecular weight is 487 g/mol. The van der Waals surface area contributed by atoms with Gasteiger partial charge in [-0.25, -0.2) is 0 Å². The minimum absolute atomic E-state index is 0.135. The number of hydrogen-bond acceptors (Lipinski definition) is 5. The van der Waals surface area contributed by atoms with Gasteiger partial charge in [-0.1, -0.05) is 31.2 Å². The number of benzene rings is 1. The van der Waals surface area contributed by atoms with Gasteiger partial charge < -0.3 is 14.7 Å². The molecule has 0 amide bonds. The molecule has 1 aromatic carbocycles. The Hall–Kier alpha value is -2.05. The fourth-order valence-corrected chi connectivity index (χ4v) is 8.87. The third kappa shape index (κ3) is 3.19. The third-order valence-electron chi connectivity index (χ3n) is 10.7. The average Bonchev–Trinajstić information content (AvgIpc) is 3.41. The zero-order valence-electron chi connectivity index (χ0n) is 21.6. The fraction of sp³-hybridized carbons (Fsp3) is 0.581. The van der Waals surface area contributed by atoms with Crippen LogP contribution in [0.15, 0.2) is 60.0 Å². The molecule has 2 aliphatic heterocycles. The van der Waals surface area contributed by atoms with Crippen LogP contribution in [0.25, 0.3) is 10.8 Å². The third-order valence-corrected chi connectivity index (χ3v) is 10.7. The largest absolute Gasteiger partial charge is 0.383 e. The van der Waals surface area contributed by atoms with Gasteiger partial charge in [0.1, 0.15) is 0 Å². The summed E-state index contributed by atoms with van der Waals surface area (Å²) in [7, 11) is 1.69. The second-order valence-corrected chi connectivity index (χ2v) is 12.2. The molecule has 1 saturated heterocycles. The molecule has 2 spiro atoms. The first-order valence-corrected chi connectivity index (χ1v) is 13.9. The van der Waals surface area contributed by atoms with Gasteiger partial charge in [0.15, 0.2) is 0 Å². The first-order chi connectivity index (χ1) is 17.5. The summed E-state index contributed by atoms with van der Waals surface area (Å²) in [6.07, 6.45) is 17.5. The Morgan fingerprint density at radius 1 is 1.17 bits per heavy atom. The molecule has 2 unspecified atom stereocenters. The highest BCUT2D eigenvalue weighted by Gasteiger charge is 2.66. The van der Waals surface area contributed by atoms with Gasteiger partial charge in [0.05, 0.1) is 17.8 Å². The van der Waals surface area contributed by atoms with Crippen molar-refractivity contribution in [3.63, 3.8) is 0 Å². The molecule has 7 rings (SSSR count). The van der Waals surface area contributed by atoms with Crippen LogP contribution in [0.4, 0.5) is 0 Å². The van der Waals surface area contributed by atoms with Crippen molar-refractivity contribution in [3.05, 3.63) is 65.5 Å². The second-order valence-electron chi connectivity index (χ2n) is 12.2. The maximum atomic E-state index is 10.7. The molecule has 0 radical (unpaired) electrons.